The van der Waals surface area contributed by atoms with Crippen molar-refractivity contribution in [1.29, 1.82) is 0 Å². The molecule has 0 N–H and O–H groups in total. The van der Waals surface area contributed by atoms with Crippen LogP contribution in [0.15, 0.2) is 0 Å². The van der Waals surface area contributed by atoms with Crippen molar-refractivity contribution in [3.8, 4) is 12.3 Å². The molecule has 0 bridgehead atoms. The first-order chi connectivity index (χ1) is 5.77. The maximum atomic E-state index is 11.2. The Morgan fingerprint density at radius 2 is 2.42 bits per heavy atom. The Morgan fingerprint density at radius 1 is 1.67 bits per heavy atom. The van der Waals surface area contributed by atoms with Gasteiger partial charge in [0.15, 0.2) is 0 Å². The molecule has 3 heteroatoms. The standard InChI is InChI=1S/C9H11NO2/c1-3-7-4-6-5-8(6)10(7)9(11)12-2/h1,6-8H,4-5H2,2H3/t6-,7+,8+/m1/s1. The largest absolute Gasteiger partial charge is 0.453 e. The van der Waals surface area contributed by atoms with E-state index in [9.17, 15) is 4.79 Å². The Bertz CT molecular complexity index is 256. The fourth-order valence-corrected chi connectivity index (χ4v) is 1.97. The predicted octanol–water partition coefficient (Wildman–Crippen LogP) is 0.849. The molecule has 3 nitrogen and oxygen atoms in total. The first kappa shape index (κ1) is 7.48. The molecule has 1 saturated heterocycles. The van der Waals surface area contributed by atoms with Gasteiger partial charge in [0.2, 0.25) is 0 Å². The van der Waals surface area contributed by atoms with Gasteiger partial charge < -0.3 is 4.74 Å². The molecule has 1 aliphatic heterocycles. The van der Waals surface area contributed by atoms with E-state index in [2.05, 4.69) is 10.7 Å². The maximum absolute atomic E-state index is 11.2. The summed E-state index contributed by atoms with van der Waals surface area (Å²) < 4.78 is 4.65. The van der Waals surface area contributed by atoms with E-state index in [1.54, 1.807) is 4.90 Å². The second-order valence-corrected chi connectivity index (χ2v) is 3.36. The third-order valence-electron chi connectivity index (χ3n) is 2.68. The molecule has 0 radical (unpaired) electrons. The summed E-state index contributed by atoms with van der Waals surface area (Å²) in [6, 6.07) is 0.347. The fraction of sp³-hybridized carbons (Fsp3) is 0.667. The molecule has 1 saturated carbocycles. The molecule has 0 aromatic rings. The number of methoxy groups -OCH3 is 1. The number of carbonyl (C=O) groups excluding carboxylic acids is 1. The normalized spacial score (nSPS) is 37.0. The smallest absolute Gasteiger partial charge is 0.410 e. The average molecular weight is 165 g/mol. The van der Waals surface area contributed by atoms with Crippen molar-refractivity contribution >= 4 is 6.09 Å². The number of likely N-dealkylation sites (tertiary alicyclic amines) is 1. The summed E-state index contributed by atoms with van der Waals surface area (Å²) >= 11 is 0. The van der Waals surface area contributed by atoms with Gasteiger partial charge in [0.25, 0.3) is 0 Å². The van der Waals surface area contributed by atoms with Gasteiger partial charge in [0, 0.05) is 6.04 Å². The van der Waals surface area contributed by atoms with Crippen molar-refractivity contribution in [2.45, 2.75) is 24.9 Å². The summed E-state index contributed by atoms with van der Waals surface area (Å²) in [7, 11) is 1.39. The van der Waals surface area contributed by atoms with Gasteiger partial charge in [0.1, 0.15) is 0 Å². The topological polar surface area (TPSA) is 29.5 Å². The number of fused-ring (bicyclic) bond motifs is 1. The van der Waals surface area contributed by atoms with Crippen molar-refractivity contribution in [1.82, 2.24) is 4.90 Å². The molecule has 3 atom stereocenters. The van der Waals surface area contributed by atoms with E-state index in [0.717, 1.165) is 12.8 Å². The fourth-order valence-electron chi connectivity index (χ4n) is 1.97. The van der Waals surface area contributed by atoms with Gasteiger partial charge in [-0.15, -0.1) is 6.42 Å². The number of hydrogen-bond acceptors (Lipinski definition) is 2. The summed E-state index contributed by atoms with van der Waals surface area (Å²) in [5.41, 5.74) is 0. The number of carbonyl (C=O) groups is 1. The van der Waals surface area contributed by atoms with Gasteiger partial charge in [0.05, 0.1) is 13.2 Å². The Labute approximate surface area is 71.7 Å². The molecular weight excluding hydrogens is 154 g/mol. The molecule has 2 fully saturated rings. The molecule has 0 unspecified atom stereocenters. The van der Waals surface area contributed by atoms with E-state index < -0.39 is 0 Å². The van der Waals surface area contributed by atoms with E-state index in [0.29, 0.717) is 12.0 Å². The van der Waals surface area contributed by atoms with Crippen molar-refractivity contribution in [3.05, 3.63) is 0 Å². The molecule has 1 heterocycles. The molecule has 1 amide bonds. The lowest BCUT2D eigenvalue weighted by atomic mass is 10.2. The minimum atomic E-state index is -0.275. The lowest BCUT2D eigenvalue weighted by molar-refractivity contribution is 0.119. The molecule has 0 aromatic carbocycles. The zero-order chi connectivity index (χ0) is 8.72. The molecule has 1 aliphatic carbocycles. The highest BCUT2D eigenvalue weighted by Crippen LogP contribution is 2.47. The number of amides is 1. The van der Waals surface area contributed by atoms with E-state index in [4.69, 9.17) is 6.42 Å². The van der Waals surface area contributed by atoms with Crippen molar-refractivity contribution in [3.63, 3.8) is 0 Å². The van der Waals surface area contributed by atoms with Crippen LogP contribution in [0.5, 0.6) is 0 Å². The lowest BCUT2D eigenvalue weighted by Gasteiger charge is -2.21. The second kappa shape index (κ2) is 2.41. The van der Waals surface area contributed by atoms with Crippen LogP contribution in [-0.4, -0.2) is 30.2 Å². The van der Waals surface area contributed by atoms with Gasteiger partial charge in [-0.25, -0.2) is 4.79 Å². The van der Waals surface area contributed by atoms with Crippen molar-refractivity contribution < 1.29 is 9.53 Å². The van der Waals surface area contributed by atoms with Gasteiger partial charge in [-0.05, 0) is 18.8 Å². The van der Waals surface area contributed by atoms with Crippen LogP contribution >= 0.6 is 0 Å². The first-order valence-electron chi connectivity index (χ1n) is 4.10. The Balaban J connectivity index is 2.12. The van der Waals surface area contributed by atoms with Crippen LogP contribution in [0.3, 0.4) is 0 Å². The third-order valence-corrected chi connectivity index (χ3v) is 2.68. The van der Waals surface area contributed by atoms with Crippen LogP contribution in [0, 0.1) is 18.3 Å². The number of hydrogen-bond donors (Lipinski definition) is 0. The van der Waals surface area contributed by atoms with E-state index in [1.807, 2.05) is 0 Å². The average Bonchev–Trinajstić information content (AvgIpc) is 2.76. The van der Waals surface area contributed by atoms with Crippen molar-refractivity contribution in [2.75, 3.05) is 7.11 Å². The van der Waals surface area contributed by atoms with E-state index in [-0.39, 0.29) is 12.1 Å². The minimum absolute atomic E-state index is 0.0267. The molecule has 0 spiro atoms. The number of terminal acetylenes is 1. The van der Waals surface area contributed by atoms with E-state index in [1.165, 1.54) is 7.11 Å². The molecule has 2 rings (SSSR count). The zero-order valence-corrected chi connectivity index (χ0v) is 6.99. The Morgan fingerprint density at radius 3 is 3.00 bits per heavy atom. The maximum Gasteiger partial charge on any atom is 0.410 e. The number of rotatable bonds is 0. The SMILES string of the molecule is C#C[C@H]1C[C@@H]2C[C@@H]2N1C(=O)OC. The number of nitrogens with zero attached hydrogens (tertiary/aromatic N) is 1. The summed E-state index contributed by atoms with van der Waals surface area (Å²) in [5.74, 6) is 3.26. The zero-order valence-electron chi connectivity index (χ0n) is 6.99. The van der Waals surface area contributed by atoms with E-state index >= 15 is 0 Å². The van der Waals surface area contributed by atoms with Crippen LogP contribution in [0.1, 0.15) is 12.8 Å². The van der Waals surface area contributed by atoms with Gasteiger partial charge in [-0.3, -0.25) is 4.90 Å². The molecule has 2 aliphatic rings. The van der Waals surface area contributed by atoms with Crippen LogP contribution in [0.25, 0.3) is 0 Å². The highest BCUT2D eigenvalue weighted by Gasteiger charge is 2.54. The summed E-state index contributed by atoms with van der Waals surface area (Å²) in [6.45, 7) is 0. The van der Waals surface area contributed by atoms with Gasteiger partial charge in [-0.1, -0.05) is 5.92 Å². The second-order valence-electron chi connectivity index (χ2n) is 3.36. The highest BCUT2D eigenvalue weighted by molar-refractivity contribution is 5.70. The quantitative estimate of drug-likeness (QED) is 0.498. The minimum Gasteiger partial charge on any atom is -0.453 e. The summed E-state index contributed by atoms with van der Waals surface area (Å²) in [4.78, 5) is 12.9. The van der Waals surface area contributed by atoms with Crippen molar-refractivity contribution in [2.24, 2.45) is 5.92 Å². The van der Waals surface area contributed by atoms with Gasteiger partial charge >= 0.3 is 6.09 Å². The van der Waals surface area contributed by atoms with Crippen LogP contribution in [0.2, 0.25) is 0 Å². The molecule has 0 aromatic heterocycles. The predicted molar refractivity (Wildman–Crippen MR) is 43.4 cm³/mol. The summed E-state index contributed by atoms with van der Waals surface area (Å²) in [5, 5.41) is 0. The third kappa shape index (κ3) is 0.878. The number of ether oxygens (including phenoxy) is 1. The molecule has 64 valence electrons. The molecular formula is C9H11NO2. The van der Waals surface area contributed by atoms with Crippen LogP contribution < -0.4 is 0 Å². The lowest BCUT2D eigenvalue weighted by Crippen LogP contribution is -2.37. The Hall–Kier alpha value is -1.17. The van der Waals surface area contributed by atoms with Crippen LogP contribution in [-0.2, 0) is 4.74 Å². The number of piperidine rings is 1. The monoisotopic (exact) mass is 165 g/mol. The molecule has 12 heavy (non-hydrogen) atoms. The van der Waals surface area contributed by atoms with Gasteiger partial charge in [-0.2, -0.15) is 0 Å². The van der Waals surface area contributed by atoms with Crippen LogP contribution in [0.4, 0.5) is 4.79 Å². The first-order valence-corrected chi connectivity index (χ1v) is 4.10. The Kier molecular flexibility index (Phi) is 1.50. The summed E-state index contributed by atoms with van der Waals surface area (Å²) in [6.07, 6.45) is 7.08. The highest BCUT2D eigenvalue weighted by atomic mass is 16.5.